The molecule has 0 atom stereocenters. The number of hydrogen-bond donors (Lipinski definition) is 2. The minimum Gasteiger partial charge on any atom is -0.354 e. The van der Waals surface area contributed by atoms with Crippen LogP contribution in [0.3, 0.4) is 0 Å². The molecule has 0 aliphatic carbocycles. The average Bonchev–Trinajstić information content (AvgIpc) is 2.44. The molecular formula is C9H12N4. The summed E-state index contributed by atoms with van der Waals surface area (Å²) in [6, 6.07) is 4.19. The van der Waals surface area contributed by atoms with Crippen molar-refractivity contribution in [2.45, 2.75) is 19.9 Å². The highest BCUT2D eigenvalue weighted by Crippen LogP contribution is 2.11. The fourth-order valence-electron chi connectivity index (χ4n) is 1.19. The summed E-state index contributed by atoms with van der Waals surface area (Å²) < 4.78 is 0. The van der Waals surface area contributed by atoms with E-state index in [4.69, 9.17) is 0 Å². The molecule has 0 fully saturated rings. The second-order valence-corrected chi connectivity index (χ2v) is 3.26. The van der Waals surface area contributed by atoms with Crippen molar-refractivity contribution >= 4 is 17.1 Å². The van der Waals surface area contributed by atoms with E-state index >= 15 is 0 Å². The Labute approximate surface area is 76.4 Å². The van der Waals surface area contributed by atoms with E-state index in [1.807, 2.05) is 12.1 Å². The first kappa shape index (κ1) is 8.04. The maximum atomic E-state index is 4.32. The summed E-state index contributed by atoms with van der Waals surface area (Å²) in [7, 11) is 0. The molecule has 2 aromatic heterocycles. The van der Waals surface area contributed by atoms with E-state index in [0.29, 0.717) is 6.04 Å². The van der Waals surface area contributed by atoms with Gasteiger partial charge in [0.15, 0.2) is 5.65 Å². The van der Waals surface area contributed by atoms with Crippen molar-refractivity contribution in [3.63, 3.8) is 0 Å². The van der Waals surface area contributed by atoms with Crippen LogP contribution in [0.2, 0.25) is 0 Å². The molecule has 0 aromatic carbocycles. The molecule has 0 saturated carbocycles. The fraction of sp³-hybridized carbons (Fsp3) is 0.333. The lowest BCUT2D eigenvalue weighted by molar-refractivity contribution is 0.883. The molecule has 0 spiro atoms. The van der Waals surface area contributed by atoms with Crippen LogP contribution in [0, 0.1) is 0 Å². The average molecular weight is 176 g/mol. The zero-order chi connectivity index (χ0) is 9.26. The number of anilines is 1. The highest BCUT2D eigenvalue weighted by molar-refractivity contribution is 5.72. The highest BCUT2D eigenvalue weighted by Gasteiger charge is 2.02. The second-order valence-electron chi connectivity index (χ2n) is 3.26. The third-order valence-corrected chi connectivity index (χ3v) is 1.68. The van der Waals surface area contributed by atoms with E-state index in [-0.39, 0.29) is 0 Å². The number of aromatic nitrogens is 3. The maximum absolute atomic E-state index is 4.32. The van der Waals surface area contributed by atoms with Crippen LogP contribution in [0.25, 0.3) is 11.2 Å². The molecule has 0 aliphatic heterocycles. The van der Waals surface area contributed by atoms with Gasteiger partial charge in [0.1, 0.15) is 5.52 Å². The van der Waals surface area contributed by atoms with Gasteiger partial charge in [-0.1, -0.05) is 0 Å². The predicted octanol–water partition coefficient (Wildman–Crippen LogP) is 1.78. The molecular weight excluding hydrogens is 164 g/mol. The molecule has 0 bridgehead atoms. The summed E-state index contributed by atoms with van der Waals surface area (Å²) in [4.78, 5) is 11.6. The molecule has 13 heavy (non-hydrogen) atoms. The molecule has 2 aromatic rings. The Morgan fingerprint density at radius 2 is 2.31 bits per heavy atom. The Bertz CT molecular complexity index is 372. The lowest BCUT2D eigenvalue weighted by Gasteiger charge is -2.04. The Kier molecular flexibility index (Phi) is 1.88. The minimum absolute atomic E-state index is 0.376. The zero-order valence-corrected chi connectivity index (χ0v) is 7.70. The van der Waals surface area contributed by atoms with E-state index in [2.05, 4.69) is 34.1 Å². The number of nitrogens with one attached hydrogen (secondary N) is 2. The normalized spacial score (nSPS) is 11.0. The van der Waals surface area contributed by atoms with Crippen LogP contribution in [0.4, 0.5) is 5.95 Å². The molecule has 4 nitrogen and oxygen atoms in total. The van der Waals surface area contributed by atoms with Crippen LogP contribution >= 0.6 is 0 Å². The van der Waals surface area contributed by atoms with Gasteiger partial charge in [0.2, 0.25) is 5.95 Å². The lowest BCUT2D eigenvalue weighted by atomic mass is 10.4. The van der Waals surface area contributed by atoms with E-state index in [1.54, 1.807) is 6.20 Å². The fourth-order valence-corrected chi connectivity index (χ4v) is 1.19. The van der Waals surface area contributed by atoms with E-state index < -0.39 is 0 Å². The quantitative estimate of drug-likeness (QED) is 0.733. The topological polar surface area (TPSA) is 53.6 Å². The molecule has 2 heterocycles. The number of rotatable bonds is 2. The van der Waals surface area contributed by atoms with Gasteiger partial charge < -0.3 is 10.3 Å². The van der Waals surface area contributed by atoms with Gasteiger partial charge in [0, 0.05) is 12.2 Å². The standard InChI is InChI=1S/C9H12N4/c1-6(2)11-9-12-7-4-3-5-10-8(7)13-9/h3-6H,1-2H3,(H2,10,11,12,13). The first-order valence-corrected chi connectivity index (χ1v) is 4.33. The van der Waals surface area contributed by atoms with Gasteiger partial charge in [-0.15, -0.1) is 0 Å². The number of pyridine rings is 1. The predicted molar refractivity (Wildman–Crippen MR) is 52.6 cm³/mol. The zero-order valence-electron chi connectivity index (χ0n) is 7.70. The third-order valence-electron chi connectivity index (χ3n) is 1.68. The van der Waals surface area contributed by atoms with Crippen molar-refractivity contribution in [1.82, 2.24) is 15.0 Å². The number of fused-ring (bicyclic) bond motifs is 1. The van der Waals surface area contributed by atoms with Gasteiger partial charge in [-0.05, 0) is 26.0 Å². The Hall–Kier alpha value is -1.58. The monoisotopic (exact) mass is 176 g/mol. The summed E-state index contributed by atoms with van der Waals surface area (Å²) in [6.45, 7) is 4.14. The van der Waals surface area contributed by atoms with E-state index in [9.17, 15) is 0 Å². The lowest BCUT2D eigenvalue weighted by Crippen LogP contribution is -2.10. The van der Waals surface area contributed by atoms with Gasteiger partial charge in [0.25, 0.3) is 0 Å². The Morgan fingerprint density at radius 3 is 3.00 bits per heavy atom. The molecule has 0 radical (unpaired) electrons. The van der Waals surface area contributed by atoms with Gasteiger partial charge in [-0.3, -0.25) is 0 Å². The minimum atomic E-state index is 0.376. The van der Waals surface area contributed by atoms with Crippen LogP contribution in [-0.2, 0) is 0 Å². The van der Waals surface area contributed by atoms with Gasteiger partial charge in [-0.25, -0.2) is 9.97 Å². The molecule has 0 amide bonds. The summed E-state index contributed by atoms with van der Waals surface area (Å²) in [5.41, 5.74) is 1.72. The van der Waals surface area contributed by atoms with Crippen molar-refractivity contribution in [2.75, 3.05) is 5.32 Å². The molecule has 68 valence electrons. The van der Waals surface area contributed by atoms with Crippen molar-refractivity contribution in [3.05, 3.63) is 18.3 Å². The summed E-state index contributed by atoms with van der Waals surface area (Å²) in [5.74, 6) is 0.781. The van der Waals surface area contributed by atoms with Gasteiger partial charge in [-0.2, -0.15) is 0 Å². The maximum Gasteiger partial charge on any atom is 0.202 e. The molecule has 2 rings (SSSR count). The van der Waals surface area contributed by atoms with E-state index in [0.717, 1.165) is 17.1 Å². The smallest absolute Gasteiger partial charge is 0.202 e. The summed E-state index contributed by atoms with van der Waals surface area (Å²) in [5, 5.41) is 3.19. The van der Waals surface area contributed by atoms with Crippen LogP contribution in [-0.4, -0.2) is 21.0 Å². The highest BCUT2D eigenvalue weighted by atomic mass is 15.1. The van der Waals surface area contributed by atoms with Crippen molar-refractivity contribution in [2.24, 2.45) is 0 Å². The van der Waals surface area contributed by atoms with Crippen molar-refractivity contribution in [3.8, 4) is 0 Å². The number of hydrogen-bond acceptors (Lipinski definition) is 3. The third kappa shape index (κ3) is 1.61. The van der Waals surface area contributed by atoms with E-state index in [1.165, 1.54) is 0 Å². The first-order chi connectivity index (χ1) is 6.25. The second kappa shape index (κ2) is 3.05. The van der Waals surface area contributed by atoms with Crippen LogP contribution in [0.1, 0.15) is 13.8 Å². The Balaban J connectivity index is 2.38. The van der Waals surface area contributed by atoms with Gasteiger partial charge >= 0.3 is 0 Å². The molecule has 2 N–H and O–H groups in total. The van der Waals surface area contributed by atoms with Gasteiger partial charge in [0.05, 0.1) is 0 Å². The molecule has 0 unspecified atom stereocenters. The Morgan fingerprint density at radius 1 is 1.46 bits per heavy atom. The number of H-pyrrole nitrogens is 1. The summed E-state index contributed by atoms with van der Waals surface area (Å²) in [6.07, 6.45) is 1.75. The van der Waals surface area contributed by atoms with Crippen molar-refractivity contribution < 1.29 is 0 Å². The number of imidazole rings is 1. The molecule has 4 heteroatoms. The van der Waals surface area contributed by atoms with Crippen LogP contribution in [0.5, 0.6) is 0 Å². The SMILES string of the molecule is CC(C)Nc1nc2cccnc2[nH]1. The first-order valence-electron chi connectivity index (χ1n) is 4.33. The molecule has 0 aliphatic rings. The largest absolute Gasteiger partial charge is 0.354 e. The van der Waals surface area contributed by atoms with Crippen LogP contribution in [0.15, 0.2) is 18.3 Å². The van der Waals surface area contributed by atoms with Crippen LogP contribution < -0.4 is 5.32 Å². The number of nitrogens with zero attached hydrogens (tertiary/aromatic N) is 2. The molecule has 0 saturated heterocycles. The van der Waals surface area contributed by atoms with Crippen molar-refractivity contribution in [1.29, 1.82) is 0 Å². The number of aromatic amines is 1. The summed E-state index contributed by atoms with van der Waals surface area (Å²) >= 11 is 0.